The zero-order chi connectivity index (χ0) is 14.2. The Morgan fingerprint density at radius 1 is 1.60 bits per heavy atom. The molecule has 1 fully saturated rings. The molecular weight excluding hydrogens is 260 g/mol. The minimum atomic E-state index is -0.108. The summed E-state index contributed by atoms with van der Waals surface area (Å²) in [6.45, 7) is 1.92. The van der Waals surface area contributed by atoms with Gasteiger partial charge in [0.05, 0.1) is 12.7 Å². The Balaban J connectivity index is 1.53. The number of ether oxygens (including phenoxy) is 2. The zero-order valence-corrected chi connectivity index (χ0v) is 11.9. The first-order chi connectivity index (χ1) is 9.75. The average Bonchev–Trinajstić information content (AvgIpc) is 2.86. The summed E-state index contributed by atoms with van der Waals surface area (Å²) >= 11 is 0. The predicted molar refractivity (Wildman–Crippen MR) is 72.1 cm³/mol. The van der Waals surface area contributed by atoms with Gasteiger partial charge in [0.25, 0.3) is 0 Å². The molecule has 20 heavy (non-hydrogen) atoms. The van der Waals surface area contributed by atoms with Crippen molar-refractivity contribution < 1.29 is 14.3 Å². The third kappa shape index (κ3) is 4.90. The number of nitrogens with zero attached hydrogens (tertiary/aromatic N) is 3. The highest BCUT2D eigenvalue weighted by atomic mass is 16.5. The van der Waals surface area contributed by atoms with E-state index in [0.29, 0.717) is 19.6 Å². The maximum atomic E-state index is 11.6. The summed E-state index contributed by atoms with van der Waals surface area (Å²) in [6.07, 6.45) is 5.64. The molecule has 0 saturated carbocycles. The molecule has 1 atom stereocenters. The molecule has 1 amide bonds. The van der Waals surface area contributed by atoms with Gasteiger partial charge in [0.15, 0.2) is 0 Å². The lowest BCUT2D eigenvalue weighted by molar-refractivity contribution is -0.127. The van der Waals surface area contributed by atoms with Crippen LogP contribution in [0.4, 0.5) is 0 Å². The minimum Gasteiger partial charge on any atom is -0.376 e. The van der Waals surface area contributed by atoms with Crippen molar-refractivity contribution in [2.75, 3.05) is 26.4 Å². The molecule has 112 valence electrons. The van der Waals surface area contributed by atoms with Gasteiger partial charge in [-0.1, -0.05) is 0 Å². The lowest BCUT2D eigenvalue weighted by Crippen LogP contribution is -2.32. The molecule has 7 heteroatoms. The Bertz CT molecular complexity index is 416. The van der Waals surface area contributed by atoms with Gasteiger partial charge in [0.2, 0.25) is 5.91 Å². The lowest BCUT2D eigenvalue weighted by Gasteiger charge is -2.22. The maximum absolute atomic E-state index is 11.6. The standard InChI is InChI=1S/C13H22N4O3/c1-17-12(15-10-16-17)5-6-14-13(18)9-19-8-11-4-2-3-7-20-11/h10-11H,2-9H2,1H3,(H,14,18). The maximum Gasteiger partial charge on any atom is 0.246 e. The van der Waals surface area contributed by atoms with Gasteiger partial charge in [-0.05, 0) is 19.3 Å². The second-order valence-corrected chi connectivity index (χ2v) is 4.90. The molecule has 0 radical (unpaired) electrons. The van der Waals surface area contributed by atoms with Gasteiger partial charge in [-0.2, -0.15) is 5.10 Å². The highest BCUT2D eigenvalue weighted by Gasteiger charge is 2.14. The van der Waals surface area contributed by atoms with E-state index in [9.17, 15) is 4.79 Å². The van der Waals surface area contributed by atoms with Crippen LogP contribution in [0.2, 0.25) is 0 Å². The summed E-state index contributed by atoms with van der Waals surface area (Å²) < 4.78 is 12.6. The van der Waals surface area contributed by atoms with E-state index >= 15 is 0 Å². The predicted octanol–water partition coefficient (Wildman–Crippen LogP) is 0.0595. The van der Waals surface area contributed by atoms with Gasteiger partial charge in [0, 0.05) is 26.6 Å². The number of hydrogen-bond acceptors (Lipinski definition) is 5. The van der Waals surface area contributed by atoms with Gasteiger partial charge in [-0.3, -0.25) is 9.48 Å². The van der Waals surface area contributed by atoms with Crippen LogP contribution in [0.1, 0.15) is 25.1 Å². The SMILES string of the molecule is Cn1ncnc1CCNC(=O)COCC1CCCCO1. The van der Waals surface area contributed by atoms with Crippen LogP contribution >= 0.6 is 0 Å². The second-order valence-electron chi connectivity index (χ2n) is 4.90. The number of aryl methyl sites for hydroxylation is 1. The van der Waals surface area contributed by atoms with Gasteiger partial charge < -0.3 is 14.8 Å². The number of rotatable bonds is 7. The first-order valence-electron chi connectivity index (χ1n) is 7.04. The number of hydrogen-bond donors (Lipinski definition) is 1. The van der Waals surface area contributed by atoms with Crippen molar-refractivity contribution in [1.82, 2.24) is 20.1 Å². The van der Waals surface area contributed by atoms with E-state index in [-0.39, 0.29) is 18.6 Å². The molecule has 1 N–H and O–H groups in total. The van der Waals surface area contributed by atoms with Gasteiger partial charge in [0.1, 0.15) is 18.8 Å². The molecule has 2 rings (SSSR count). The second kappa shape index (κ2) is 7.96. The van der Waals surface area contributed by atoms with Crippen LogP contribution in [0.5, 0.6) is 0 Å². The Morgan fingerprint density at radius 2 is 2.50 bits per heavy atom. The molecule has 1 saturated heterocycles. The monoisotopic (exact) mass is 282 g/mol. The normalized spacial score (nSPS) is 18.9. The van der Waals surface area contributed by atoms with Crippen LogP contribution < -0.4 is 5.32 Å². The van der Waals surface area contributed by atoms with Crippen molar-refractivity contribution in [3.05, 3.63) is 12.2 Å². The van der Waals surface area contributed by atoms with Gasteiger partial charge in [-0.15, -0.1) is 0 Å². The van der Waals surface area contributed by atoms with Crippen LogP contribution in [-0.4, -0.2) is 53.1 Å². The third-order valence-electron chi connectivity index (χ3n) is 3.29. The molecule has 1 unspecified atom stereocenters. The van der Waals surface area contributed by atoms with Crippen LogP contribution in [0.25, 0.3) is 0 Å². The topological polar surface area (TPSA) is 78.3 Å². The van der Waals surface area contributed by atoms with Crippen molar-refractivity contribution >= 4 is 5.91 Å². The molecule has 0 bridgehead atoms. The summed E-state index contributed by atoms with van der Waals surface area (Å²) in [5.74, 6) is 0.741. The largest absolute Gasteiger partial charge is 0.376 e. The highest BCUT2D eigenvalue weighted by molar-refractivity contribution is 5.77. The van der Waals surface area contributed by atoms with E-state index in [2.05, 4.69) is 15.4 Å². The Kier molecular flexibility index (Phi) is 5.94. The summed E-state index contributed by atoms with van der Waals surface area (Å²) in [5, 5.41) is 6.77. The smallest absolute Gasteiger partial charge is 0.246 e. The van der Waals surface area contributed by atoms with E-state index in [4.69, 9.17) is 9.47 Å². The molecule has 0 spiro atoms. The molecule has 2 heterocycles. The molecular formula is C13H22N4O3. The fraction of sp³-hybridized carbons (Fsp3) is 0.769. The number of carbonyl (C=O) groups excluding carboxylic acids is 1. The van der Waals surface area contributed by atoms with Gasteiger partial charge >= 0.3 is 0 Å². The molecule has 0 aromatic carbocycles. The van der Waals surface area contributed by atoms with Crippen molar-refractivity contribution in [3.8, 4) is 0 Å². The van der Waals surface area contributed by atoms with Gasteiger partial charge in [-0.25, -0.2) is 4.98 Å². The summed E-state index contributed by atoms with van der Waals surface area (Å²) in [7, 11) is 1.83. The summed E-state index contributed by atoms with van der Waals surface area (Å²) in [5.41, 5.74) is 0. The lowest BCUT2D eigenvalue weighted by atomic mass is 10.1. The Labute approximate surface area is 118 Å². The van der Waals surface area contributed by atoms with Crippen LogP contribution in [0.15, 0.2) is 6.33 Å². The van der Waals surface area contributed by atoms with Crippen LogP contribution in [0, 0.1) is 0 Å². The molecule has 0 aliphatic carbocycles. The first kappa shape index (κ1) is 14.9. The molecule has 7 nitrogen and oxygen atoms in total. The quantitative estimate of drug-likeness (QED) is 0.765. The highest BCUT2D eigenvalue weighted by Crippen LogP contribution is 2.12. The number of amides is 1. The number of nitrogens with one attached hydrogen (secondary N) is 1. The zero-order valence-electron chi connectivity index (χ0n) is 11.9. The van der Waals surface area contributed by atoms with Crippen LogP contribution in [0.3, 0.4) is 0 Å². The van der Waals surface area contributed by atoms with Crippen molar-refractivity contribution in [3.63, 3.8) is 0 Å². The fourth-order valence-corrected chi connectivity index (χ4v) is 2.13. The van der Waals surface area contributed by atoms with E-state index < -0.39 is 0 Å². The minimum absolute atomic E-state index is 0.0820. The molecule has 1 aromatic heterocycles. The average molecular weight is 282 g/mol. The first-order valence-corrected chi connectivity index (χ1v) is 7.04. The molecule has 1 aliphatic heterocycles. The van der Waals surface area contributed by atoms with E-state index in [1.54, 1.807) is 4.68 Å². The van der Waals surface area contributed by atoms with E-state index in [1.807, 2.05) is 7.05 Å². The molecule has 1 aliphatic rings. The Hall–Kier alpha value is -1.47. The van der Waals surface area contributed by atoms with Crippen molar-refractivity contribution in [2.45, 2.75) is 31.8 Å². The number of aromatic nitrogens is 3. The Morgan fingerprint density at radius 3 is 3.20 bits per heavy atom. The summed E-state index contributed by atoms with van der Waals surface area (Å²) in [4.78, 5) is 15.7. The fourth-order valence-electron chi connectivity index (χ4n) is 2.13. The van der Waals surface area contributed by atoms with Crippen molar-refractivity contribution in [2.24, 2.45) is 7.05 Å². The van der Waals surface area contributed by atoms with Crippen molar-refractivity contribution in [1.29, 1.82) is 0 Å². The summed E-state index contributed by atoms with van der Waals surface area (Å²) in [6, 6.07) is 0. The third-order valence-corrected chi connectivity index (χ3v) is 3.29. The van der Waals surface area contributed by atoms with Crippen LogP contribution in [-0.2, 0) is 27.7 Å². The molecule has 1 aromatic rings. The van der Waals surface area contributed by atoms with E-state index in [1.165, 1.54) is 12.7 Å². The van der Waals surface area contributed by atoms with E-state index in [0.717, 1.165) is 25.3 Å². The number of carbonyl (C=O) groups is 1.